The molecule has 0 radical (unpaired) electrons. The molecule has 10 heteroatoms. The minimum absolute atomic E-state index is 0.316. The van der Waals surface area contributed by atoms with E-state index < -0.39 is 0 Å². The van der Waals surface area contributed by atoms with E-state index in [4.69, 9.17) is 4.42 Å². The molecule has 160 valence electrons. The van der Waals surface area contributed by atoms with Gasteiger partial charge in [0.1, 0.15) is 0 Å². The number of piperidine rings is 1. The molecule has 2 fully saturated rings. The largest absolute Gasteiger partial charge is 0.403 e. The van der Waals surface area contributed by atoms with Crippen molar-refractivity contribution in [2.75, 3.05) is 23.3 Å². The maximum Gasteiger partial charge on any atom is 0.318 e. The Bertz CT molecular complexity index is 1220. The quantitative estimate of drug-likeness (QED) is 0.493. The van der Waals surface area contributed by atoms with Crippen LogP contribution in [0.25, 0.3) is 11.5 Å². The van der Waals surface area contributed by atoms with Gasteiger partial charge in [-0.25, -0.2) is 9.97 Å². The Morgan fingerprint density at radius 3 is 2.41 bits per heavy atom. The lowest BCUT2D eigenvalue weighted by molar-refractivity contribution is 0.543. The molecule has 2 N–H and O–H groups in total. The highest BCUT2D eigenvalue weighted by Crippen LogP contribution is 2.58. The van der Waals surface area contributed by atoms with Gasteiger partial charge < -0.3 is 14.6 Å². The van der Waals surface area contributed by atoms with Crippen molar-refractivity contribution in [2.24, 2.45) is 11.8 Å². The molecule has 0 bridgehead atoms. The first-order valence-electron chi connectivity index (χ1n) is 10.9. The second-order valence-corrected chi connectivity index (χ2v) is 8.86. The van der Waals surface area contributed by atoms with Crippen molar-refractivity contribution >= 4 is 12.0 Å². The number of nitrogens with one attached hydrogen (secondary N) is 2. The van der Waals surface area contributed by atoms with Crippen LogP contribution in [0.5, 0.6) is 0 Å². The lowest BCUT2D eigenvalue weighted by Crippen LogP contribution is -2.23. The summed E-state index contributed by atoms with van der Waals surface area (Å²) in [7, 11) is 0. The summed E-state index contributed by atoms with van der Waals surface area (Å²) in [5.41, 5.74) is 4.56. The molecule has 32 heavy (non-hydrogen) atoms. The summed E-state index contributed by atoms with van der Waals surface area (Å²) in [4.78, 5) is 11.1. The van der Waals surface area contributed by atoms with Crippen molar-refractivity contribution in [3.63, 3.8) is 0 Å². The van der Waals surface area contributed by atoms with Crippen LogP contribution in [0.3, 0.4) is 0 Å². The lowest BCUT2D eigenvalue weighted by Gasteiger charge is -2.15. The minimum atomic E-state index is 0.316. The van der Waals surface area contributed by atoms with Crippen molar-refractivity contribution in [3.8, 4) is 11.5 Å². The van der Waals surface area contributed by atoms with Crippen LogP contribution in [0.1, 0.15) is 22.7 Å². The average molecular weight is 427 g/mol. The van der Waals surface area contributed by atoms with Gasteiger partial charge in [0, 0.05) is 37.4 Å². The van der Waals surface area contributed by atoms with Crippen molar-refractivity contribution in [2.45, 2.75) is 24.8 Å². The van der Waals surface area contributed by atoms with Crippen LogP contribution in [-0.2, 0) is 12.8 Å². The first-order chi connectivity index (χ1) is 15.8. The molecule has 1 aliphatic heterocycles. The van der Waals surface area contributed by atoms with Gasteiger partial charge in [0.15, 0.2) is 0 Å². The molecule has 1 aromatic carbocycles. The van der Waals surface area contributed by atoms with E-state index in [1.54, 1.807) is 12.4 Å². The molecule has 4 aromatic rings. The Morgan fingerprint density at radius 1 is 0.969 bits per heavy atom. The predicted molar refractivity (Wildman–Crippen MR) is 115 cm³/mol. The summed E-state index contributed by atoms with van der Waals surface area (Å²) >= 11 is 0. The summed E-state index contributed by atoms with van der Waals surface area (Å²) in [5, 5.41) is 22.7. The molecule has 3 aromatic heterocycles. The maximum absolute atomic E-state index is 5.93. The Labute approximate surface area is 183 Å². The third-order valence-corrected chi connectivity index (χ3v) is 6.94. The van der Waals surface area contributed by atoms with Gasteiger partial charge in [-0.2, -0.15) is 15.4 Å². The third kappa shape index (κ3) is 2.94. The summed E-state index contributed by atoms with van der Waals surface area (Å²) in [6.45, 7) is 1.79. The first kappa shape index (κ1) is 17.8. The van der Waals surface area contributed by atoms with E-state index in [-0.39, 0.29) is 0 Å². The zero-order chi connectivity index (χ0) is 21.1. The van der Waals surface area contributed by atoms with Crippen LogP contribution in [0.2, 0.25) is 0 Å². The fourth-order valence-electron chi connectivity index (χ4n) is 5.31. The van der Waals surface area contributed by atoms with Gasteiger partial charge in [-0.15, -0.1) is 5.10 Å². The Balaban J connectivity index is 0.992. The molecule has 2 aliphatic carbocycles. The van der Waals surface area contributed by atoms with Crippen molar-refractivity contribution < 1.29 is 4.42 Å². The lowest BCUT2D eigenvalue weighted by atomic mass is 10.1. The molecule has 1 unspecified atom stereocenters. The molecule has 7 rings (SSSR count). The highest BCUT2D eigenvalue weighted by Gasteiger charge is 2.58. The van der Waals surface area contributed by atoms with Crippen molar-refractivity contribution in [1.29, 1.82) is 0 Å². The van der Waals surface area contributed by atoms with Crippen molar-refractivity contribution in [1.82, 2.24) is 35.6 Å². The summed E-state index contributed by atoms with van der Waals surface area (Å²) in [6, 6.07) is 9.42. The molecule has 0 amide bonds. The molecule has 0 spiro atoms. The first-order valence-corrected chi connectivity index (χ1v) is 10.9. The van der Waals surface area contributed by atoms with Gasteiger partial charge >= 0.3 is 6.01 Å². The number of rotatable bonds is 5. The Morgan fingerprint density at radius 2 is 1.72 bits per heavy atom. The molecule has 1 saturated carbocycles. The smallest absolute Gasteiger partial charge is 0.318 e. The standard InChI is InChI=1S/C22H21N9O/c1-2-4-13-6-15(5-12(13)3-1)26-21-23-7-14(8-24-21)20-28-29-22(32-20)31-10-16-17(11-31)19(16)18-9-25-30-27-18/h1-4,7-9,15-17,19H,5-6,10-11H2,(H,23,24,26)(H,25,27,30)/t16-,17+,19?. The number of hydrogen-bond donors (Lipinski definition) is 2. The topological polar surface area (TPSA) is 122 Å². The van der Waals surface area contributed by atoms with Crippen LogP contribution in [0, 0.1) is 11.8 Å². The van der Waals surface area contributed by atoms with E-state index in [0.29, 0.717) is 47.2 Å². The zero-order valence-corrected chi connectivity index (χ0v) is 17.2. The van der Waals surface area contributed by atoms with Gasteiger partial charge in [0.2, 0.25) is 5.95 Å². The van der Waals surface area contributed by atoms with Crippen LogP contribution in [0.4, 0.5) is 12.0 Å². The van der Waals surface area contributed by atoms with Gasteiger partial charge in [0.05, 0.1) is 17.5 Å². The Hall–Kier alpha value is -3.82. The molecule has 10 nitrogen and oxygen atoms in total. The number of aromatic nitrogens is 7. The highest BCUT2D eigenvalue weighted by atomic mass is 16.4. The van der Waals surface area contributed by atoms with E-state index in [0.717, 1.165) is 31.6 Å². The number of benzene rings is 1. The van der Waals surface area contributed by atoms with Gasteiger partial charge in [-0.3, -0.25) is 0 Å². The van der Waals surface area contributed by atoms with E-state index >= 15 is 0 Å². The molecular weight excluding hydrogens is 406 g/mol. The van der Waals surface area contributed by atoms with E-state index in [1.807, 2.05) is 6.20 Å². The normalized spacial score (nSPS) is 23.9. The summed E-state index contributed by atoms with van der Waals surface area (Å²) < 4.78 is 5.93. The monoisotopic (exact) mass is 427 g/mol. The van der Waals surface area contributed by atoms with Crippen LogP contribution in [-0.4, -0.2) is 54.7 Å². The number of aromatic amines is 1. The zero-order valence-electron chi connectivity index (χ0n) is 17.2. The number of nitrogens with zero attached hydrogens (tertiary/aromatic N) is 7. The van der Waals surface area contributed by atoms with Gasteiger partial charge in [-0.05, 0) is 35.8 Å². The second kappa shape index (κ2) is 6.84. The molecular formula is C22H21N9O. The number of anilines is 2. The Kier molecular flexibility index (Phi) is 3.81. The number of fused-ring (bicyclic) bond motifs is 2. The van der Waals surface area contributed by atoms with Crippen molar-refractivity contribution in [3.05, 3.63) is 59.7 Å². The molecule has 3 aliphatic rings. The number of hydrogen-bond acceptors (Lipinski definition) is 9. The van der Waals surface area contributed by atoms with E-state index in [2.05, 4.69) is 70.1 Å². The van der Waals surface area contributed by atoms with Crippen LogP contribution < -0.4 is 10.2 Å². The summed E-state index contributed by atoms with van der Waals surface area (Å²) in [5.74, 6) is 2.70. The average Bonchev–Trinajstić information content (AvgIpc) is 3.45. The fourth-order valence-corrected chi connectivity index (χ4v) is 5.31. The van der Waals surface area contributed by atoms with Gasteiger partial charge in [-0.1, -0.05) is 29.4 Å². The predicted octanol–water partition coefficient (Wildman–Crippen LogP) is 2.07. The maximum atomic E-state index is 5.93. The van der Waals surface area contributed by atoms with E-state index in [1.165, 1.54) is 11.1 Å². The van der Waals surface area contributed by atoms with Crippen LogP contribution >= 0.6 is 0 Å². The molecule has 1 saturated heterocycles. The fraction of sp³-hybridized carbons (Fsp3) is 0.364. The van der Waals surface area contributed by atoms with Gasteiger partial charge in [0.25, 0.3) is 5.89 Å². The summed E-state index contributed by atoms with van der Waals surface area (Å²) in [6.07, 6.45) is 7.27. The third-order valence-electron chi connectivity index (χ3n) is 6.94. The highest BCUT2D eigenvalue weighted by molar-refractivity contribution is 5.52. The number of H-pyrrole nitrogens is 1. The van der Waals surface area contributed by atoms with E-state index in [9.17, 15) is 0 Å². The SMILES string of the molecule is c1ccc2c(c1)CC(Nc1ncc(-c3nnc(N4C[C@@H]5C(c6cn[nH]n6)[C@@H]5C4)o3)cn1)C2. The minimum Gasteiger partial charge on any atom is -0.403 e. The molecule has 3 atom stereocenters. The second-order valence-electron chi connectivity index (χ2n) is 8.86. The molecule has 4 heterocycles. The van der Waals surface area contributed by atoms with Crippen LogP contribution in [0.15, 0.2) is 47.3 Å².